The number of nitrogens with zero attached hydrogens (tertiary/aromatic N) is 3. The Morgan fingerprint density at radius 3 is 2.62 bits per heavy atom. The van der Waals surface area contributed by atoms with Gasteiger partial charge in [0.25, 0.3) is 0 Å². The number of carboxylic acids is 1. The van der Waals surface area contributed by atoms with Gasteiger partial charge in [-0.1, -0.05) is 48.3 Å². The molecule has 0 unspecified atom stereocenters. The van der Waals surface area contributed by atoms with Gasteiger partial charge in [-0.25, -0.2) is 9.48 Å². The Bertz CT molecular complexity index is 668. The van der Waals surface area contributed by atoms with Gasteiger partial charge in [0, 0.05) is 0 Å². The van der Waals surface area contributed by atoms with E-state index in [9.17, 15) is 9.90 Å². The van der Waals surface area contributed by atoms with E-state index in [1.807, 2.05) is 19.9 Å². The molecule has 0 aliphatic rings. The molecule has 1 N–H and O–H groups in total. The Morgan fingerprint density at radius 1 is 1.33 bits per heavy atom. The first-order valence-corrected chi connectivity index (χ1v) is 7.23. The number of hydrogen-bond acceptors (Lipinski definition) is 3. The molecule has 2 aromatic rings. The molecule has 0 aliphatic carbocycles. The number of carboxylic acid groups (broad SMARTS) is 1. The summed E-state index contributed by atoms with van der Waals surface area (Å²) in [6.45, 7) is 4.43. The fraction of sp³-hybridized carbons (Fsp3) is 0.357. The summed E-state index contributed by atoms with van der Waals surface area (Å²) in [4.78, 5) is 11.2. The van der Waals surface area contributed by atoms with Gasteiger partial charge < -0.3 is 5.11 Å². The van der Waals surface area contributed by atoms with Crippen molar-refractivity contribution in [2.45, 2.75) is 26.8 Å². The van der Waals surface area contributed by atoms with Gasteiger partial charge in [0.05, 0.1) is 22.3 Å². The van der Waals surface area contributed by atoms with Gasteiger partial charge in [-0.3, -0.25) is 0 Å². The summed E-state index contributed by atoms with van der Waals surface area (Å²) in [6.07, 6.45) is 0.593. The van der Waals surface area contributed by atoms with E-state index >= 15 is 0 Å². The highest BCUT2D eigenvalue weighted by molar-refractivity contribution is 6.42. The largest absolute Gasteiger partial charge is 0.476 e. The lowest BCUT2D eigenvalue weighted by molar-refractivity contribution is 0.0689. The van der Waals surface area contributed by atoms with Crippen LogP contribution in [-0.4, -0.2) is 26.1 Å². The summed E-state index contributed by atoms with van der Waals surface area (Å²) in [5.41, 5.74) is 1.50. The van der Waals surface area contributed by atoms with E-state index in [0.29, 0.717) is 34.6 Å². The molecule has 2 rings (SSSR count). The molecule has 21 heavy (non-hydrogen) atoms. The first-order valence-electron chi connectivity index (χ1n) is 6.48. The highest BCUT2D eigenvalue weighted by Crippen LogP contribution is 2.23. The first-order chi connectivity index (χ1) is 9.88. The highest BCUT2D eigenvalue weighted by Gasteiger charge is 2.20. The van der Waals surface area contributed by atoms with Crippen molar-refractivity contribution < 1.29 is 9.90 Å². The van der Waals surface area contributed by atoms with Crippen molar-refractivity contribution in [1.82, 2.24) is 15.0 Å². The Morgan fingerprint density at radius 2 is 2.05 bits per heavy atom. The molecule has 1 aromatic heterocycles. The molecule has 0 saturated heterocycles. The van der Waals surface area contributed by atoms with Crippen LogP contribution in [0.5, 0.6) is 0 Å². The number of carbonyl (C=O) groups is 1. The van der Waals surface area contributed by atoms with Gasteiger partial charge >= 0.3 is 5.97 Å². The lowest BCUT2D eigenvalue weighted by Gasteiger charge is -2.10. The summed E-state index contributed by atoms with van der Waals surface area (Å²) in [5, 5.41) is 17.8. The maximum Gasteiger partial charge on any atom is 0.358 e. The van der Waals surface area contributed by atoms with Gasteiger partial charge in [0.1, 0.15) is 0 Å². The second-order valence-electron chi connectivity index (χ2n) is 5.19. The quantitative estimate of drug-likeness (QED) is 0.912. The molecule has 0 fully saturated rings. The van der Waals surface area contributed by atoms with Crippen LogP contribution in [0.1, 0.15) is 35.6 Å². The fourth-order valence-corrected chi connectivity index (χ4v) is 2.35. The summed E-state index contributed by atoms with van der Waals surface area (Å²) >= 11 is 11.9. The van der Waals surface area contributed by atoms with Crippen molar-refractivity contribution in [2.24, 2.45) is 5.92 Å². The molecule has 7 heteroatoms. The molecule has 5 nitrogen and oxygen atoms in total. The van der Waals surface area contributed by atoms with Crippen LogP contribution in [0, 0.1) is 5.92 Å². The van der Waals surface area contributed by atoms with Crippen LogP contribution in [0.15, 0.2) is 18.2 Å². The highest BCUT2D eigenvalue weighted by atomic mass is 35.5. The molecule has 0 aliphatic heterocycles. The van der Waals surface area contributed by atoms with Gasteiger partial charge in [-0.15, -0.1) is 5.10 Å². The third kappa shape index (κ3) is 3.74. The monoisotopic (exact) mass is 327 g/mol. The van der Waals surface area contributed by atoms with E-state index in [4.69, 9.17) is 23.2 Å². The first kappa shape index (κ1) is 15.8. The smallest absolute Gasteiger partial charge is 0.358 e. The van der Waals surface area contributed by atoms with Crippen molar-refractivity contribution in [3.05, 3.63) is 45.2 Å². The van der Waals surface area contributed by atoms with Crippen molar-refractivity contribution in [1.29, 1.82) is 0 Å². The second-order valence-corrected chi connectivity index (χ2v) is 6.01. The predicted octanol–water partition coefficient (Wildman–Crippen LogP) is 3.53. The normalized spacial score (nSPS) is 11.1. The summed E-state index contributed by atoms with van der Waals surface area (Å²) < 4.78 is 1.60. The minimum Gasteiger partial charge on any atom is -0.476 e. The summed E-state index contributed by atoms with van der Waals surface area (Å²) in [6, 6.07) is 5.27. The van der Waals surface area contributed by atoms with Crippen LogP contribution in [0.4, 0.5) is 0 Å². The Kier molecular flexibility index (Phi) is 4.85. The third-order valence-corrected chi connectivity index (χ3v) is 3.70. The molecular weight excluding hydrogens is 313 g/mol. The van der Waals surface area contributed by atoms with Crippen molar-refractivity contribution in [3.63, 3.8) is 0 Å². The zero-order chi connectivity index (χ0) is 15.6. The van der Waals surface area contributed by atoms with E-state index in [0.717, 1.165) is 5.56 Å². The van der Waals surface area contributed by atoms with Gasteiger partial charge in [0.15, 0.2) is 5.69 Å². The average molecular weight is 328 g/mol. The van der Waals surface area contributed by atoms with Crippen LogP contribution in [0.3, 0.4) is 0 Å². The minimum atomic E-state index is -1.06. The van der Waals surface area contributed by atoms with E-state index in [2.05, 4.69) is 10.3 Å². The van der Waals surface area contributed by atoms with Crippen LogP contribution in [-0.2, 0) is 13.0 Å². The van der Waals surface area contributed by atoms with E-state index in [-0.39, 0.29) is 5.69 Å². The molecule has 0 spiro atoms. The Hall–Kier alpha value is -1.59. The molecule has 1 heterocycles. The molecule has 1 aromatic carbocycles. The lowest BCUT2D eigenvalue weighted by Crippen LogP contribution is -2.12. The fourth-order valence-electron chi connectivity index (χ4n) is 2.03. The molecule has 0 amide bonds. The number of aromatic nitrogens is 3. The Labute approximate surface area is 132 Å². The number of rotatable bonds is 5. The van der Waals surface area contributed by atoms with E-state index in [1.165, 1.54) is 0 Å². The maximum absolute atomic E-state index is 11.2. The number of halogens is 2. The van der Waals surface area contributed by atoms with Crippen LogP contribution < -0.4 is 0 Å². The number of aromatic carboxylic acids is 1. The second kappa shape index (κ2) is 6.45. The van der Waals surface area contributed by atoms with Crippen LogP contribution in [0.2, 0.25) is 10.0 Å². The lowest BCUT2D eigenvalue weighted by atomic mass is 10.1. The molecule has 112 valence electrons. The third-order valence-electron chi connectivity index (χ3n) is 2.96. The van der Waals surface area contributed by atoms with Gasteiger partial charge in [0.2, 0.25) is 0 Å². The van der Waals surface area contributed by atoms with Crippen molar-refractivity contribution >= 4 is 29.2 Å². The molecule has 0 radical (unpaired) electrons. The van der Waals surface area contributed by atoms with Gasteiger partial charge in [-0.05, 0) is 30.0 Å². The summed E-state index contributed by atoms with van der Waals surface area (Å²) in [7, 11) is 0. The van der Waals surface area contributed by atoms with Gasteiger partial charge in [-0.2, -0.15) is 0 Å². The average Bonchev–Trinajstić information content (AvgIpc) is 2.76. The predicted molar refractivity (Wildman–Crippen MR) is 81.1 cm³/mol. The molecule has 0 bridgehead atoms. The molecule has 0 atom stereocenters. The zero-order valence-electron chi connectivity index (χ0n) is 11.7. The van der Waals surface area contributed by atoms with E-state index < -0.39 is 5.97 Å². The summed E-state index contributed by atoms with van der Waals surface area (Å²) in [5.74, 6) is -0.764. The number of benzene rings is 1. The Balaban J connectivity index is 2.34. The molecular formula is C14H15Cl2N3O2. The topological polar surface area (TPSA) is 68.0 Å². The SMILES string of the molecule is CC(C)Cc1c(C(=O)O)nnn1Cc1ccc(Cl)c(Cl)c1. The number of hydrogen-bond donors (Lipinski definition) is 1. The maximum atomic E-state index is 11.2. The zero-order valence-corrected chi connectivity index (χ0v) is 13.2. The van der Waals surface area contributed by atoms with E-state index in [1.54, 1.807) is 16.8 Å². The van der Waals surface area contributed by atoms with Crippen LogP contribution in [0.25, 0.3) is 0 Å². The minimum absolute atomic E-state index is 0.00348. The van der Waals surface area contributed by atoms with Crippen molar-refractivity contribution in [3.8, 4) is 0 Å². The standard InChI is InChI=1S/C14H15Cl2N3O2/c1-8(2)5-12-13(14(20)21)17-18-19(12)7-9-3-4-10(15)11(16)6-9/h3-4,6,8H,5,7H2,1-2H3,(H,20,21). The molecule has 0 saturated carbocycles. The van der Waals surface area contributed by atoms with Crippen LogP contribution >= 0.6 is 23.2 Å². The van der Waals surface area contributed by atoms with Crippen molar-refractivity contribution in [2.75, 3.05) is 0 Å².